The van der Waals surface area contributed by atoms with Gasteiger partial charge in [0.15, 0.2) is 0 Å². The van der Waals surface area contributed by atoms with Crippen LogP contribution in [0.1, 0.15) is 44.6 Å². The van der Waals surface area contributed by atoms with E-state index in [2.05, 4.69) is 30.6 Å². The number of hydrogen-bond donors (Lipinski definition) is 1. The lowest BCUT2D eigenvalue weighted by Crippen LogP contribution is -2.15. The minimum atomic E-state index is -3.62. The van der Waals surface area contributed by atoms with E-state index in [-0.39, 0.29) is 10.3 Å². The zero-order valence-corrected chi connectivity index (χ0v) is 15.5. The average molecular weight is 335 g/mol. The van der Waals surface area contributed by atoms with Crippen molar-refractivity contribution >= 4 is 15.7 Å². The van der Waals surface area contributed by atoms with E-state index in [4.69, 9.17) is 0 Å². The molecule has 0 aliphatic heterocycles. The summed E-state index contributed by atoms with van der Waals surface area (Å²) in [7, 11) is -3.62. The van der Waals surface area contributed by atoms with Gasteiger partial charge in [0, 0.05) is 6.54 Å². The predicted molar refractivity (Wildman–Crippen MR) is 93.3 cm³/mol. The third-order valence-corrected chi connectivity index (χ3v) is 5.31. The molecule has 0 aliphatic carbocycles. The Morgan fingerprint density at radius 1 is 1.13 bits per heavy atom. The lowest BCUT2D eigenvalue weighted by molar-refractivity contribution is 0.587. The molecule has 0 spiro atoms. The highest BCUT2D eigenvalue weighted by atomic mass is 32.2. The molecular weight excluding hydrogens is 310 g/mol. The molecule has 0 bridgehead atoms. The van der Waals surface area contributed by atoms with Crippen molar-refractivity contribution in [3.63, 3.8) is 0 Å². The Balaban J connectivity index is 2.35. The molecule has 0 fully saturated rings. The fourth-order valence-electron chi connectivity index (χ4n) is 2.48. The minimum absolute atomic E-state index is 0.00877. The molecule has 6 heteroatoms. The molecule has 1 N–H and O–H groups in total. The Morgan fingerprint density at radius 3 is 2.13 bits per heavy atom. The van der Waals surface area contributed by atoms with Crippen molar-refractivity contribution < 1.29 is 8.42 Å². The third-order valence-electron chi connectivity index (χ3n) is 3.95. The molecule has 0 saturated heterocycles. The third kappa shape index (κ3) is 3.58. The van der Waals surface area contributed by atoms with E-state index >= 15 is 0 Å². The number of hydrogen-bond acceptors (Lipinski definition) is 3. The second-order valence-electron chi connectivity index (χ2n) is 6.74. The Kier molecular flexibility index (Phi) is 4.57. The summed E-state index contributed by atoms with van der Waals surface area (Å²) in [5.74, 6) is 0. The van der Waals surface area contributed by atoms with Gasteiger partial charge in [0.2, 0.25) is 0 Å². The molecule has 1 aromatic heterocycles. The van der Waals surface area contributed by atoms with E-state index in [0.717, 1.165) is 11.3 Å². The van der Waals surface area contributed by atoms with Crippen LogP contribution in [-0.4, -0.2) is 18.2 Å². The summed E-state index contributed by atoms with van der Waals surface area (Å²) in [5, 5.41) is 4.34. The molecule has 126 valence electrons. The number of aryl methyl sites for hydroxylation is 2. The van der Waals surface area contributed by atoms with Gasteiger partial charge in [0.1, 0.15) is 0 Å². The normalized spacial score (nSPS) is 12.4. The number of anilines is 1. The van der Waals surface area contributed by atoms with Crippen molar-refractivity contribution in [1.82, 2.24) is 9.78 Å². The van der Waals surface area contributed by atoms with Gasteiger partial charge in [0.25, 0.3) is 10.0 Å². The van der Waals surface area contributed by atoms with E-state index in [1.807, 2.05) is 26.0 Å². The number of nitrogens with zero attached hydrogens (tertiary/aromatic N) is 2. The van der Waals surface area contributed by atoms with Crippen LogP contribution in [0.4, 0.5) is 5.69 Å². The Bertz CT molecular complexity index is 798. The van der Waals surface area contributed by atoms with E-state index in [1.54, 1.807) is 23.7 Å². The van der Waals surface area contributed by atoms with Crippen LogP contribution >= 0.6 is 0 Å². The van der Waals surface area contributed by atoms with Crippen LogP contribution in [0.5, 0.6) is 0 Å². The first-order valence-electron chi connectivity index (χ1n) is 7.73. The lowest BCUT2D eigenvalue weighted by atomic mass is 9.87. The molecule has 0 atom stereocenters. The molecule has 2 aromatic rings. The van der Waals surface area contributed by atoms with Crippen LogP contribution in [0, 0.1) is 13.8 Å². The highest BCUT2D eigenvalue weighted by Crippen LogP contribution is 2.26. The topological polar surface area (TPSA) is 64.0 Å². The molecule has 2 rings (SSSR count). The second-order valence-corrected chi connectivity index (χ2v) is 8.42. The number of aromatic nitrogens is 2. The van der Waals surface area contributed by atoms with E-state index in [9.17, 15) is 8.42 Å². The van der Waals surface area contributed by atoms with Gasteiger partial charge in [-0.2, -0.15) is 5.10 Å². The summed E-state index contributed by atoms with van der Waals surface area (Å²) in [6.45, 7) is 12.6. The molecule has 5 nitrogen and oxygen atoms in total. The fourth-order valence-corrected chi connectivity index (χ4v) is 3.66. The molecule has 0 amide bonds. The van der Waals surface area contributed by atoms with Crippen molar-refractivity contribution in [1.29, 1.82) is 0 Å². The summed E-state index contributed by atoms with van der Waals surface area (Å²) in [6, 6.07) is 7.03. The largest absolute Gasteiger partial charge is 0.276 e. The van der Waals surface area contributed by atoms with Crippen molar-refractivity contribution in [2.45, 2.75) is 58.4 Å². The van der Waals surface area contributed by atoms with Crippen molar-refractivity contribution in [2.75, 3.05) is 4.72 Å². The zero-order valence-electron chi connectivity index (χ0n) is 14.6. The van der Waals surface area contributed by atoms with Crippen molar-refractivity contribution in [3.8, 4) is 0 Å². The smallest absolute Gasteiger partial charge is 0.262 e. The van der Waals surface area contributed by atoms with Crippen LogP contribution in [0.15, 0.2) is 29.2 Å². The van der Waals surface area contributed by atoms with Gasteiger partial charge in [-0.15, -0.1) is 0 Å². The Hall–Kier alpha value is -1.82. The summed E-state index contributed by atoms with van der Waals surface area (Å²) in [5.41, 5.74) is 3.15. The SMILES string of the molecule is CCn1nc(C)c(NS(=O)(=O)c2ccc(C(C)(C)C)cc2)c1C. The number of nitrogens with one attached hydrogen (secondary N) is 1. The first-order valence-corrected chi connectivity index (χ1v) is 9.22. The van der Waals surface area contributed by atoms with Crippen LogP contribution < -0.4 is 4.72 Å². The van der Waals surface area contributed by atoms with E-state index in [1.165, 1.54) is 0 Å². The van der Waals surface area contributed by atoms with Crippen LogP contribution in [0.25, 0.3) is 0 Å². The van der Waals surface area contributed by atoms with Gasteiger partial charge in [-0.3, -0.25) is 9.40 Å². The first kappa shape index (κ1) is 17.5. The average Bonchev–Trinajstić information content (AvgIpc) is 2.73. The quantitative estimate of drug-likeness (QED) is 0.928. The molecular formula is C17H25N3O2S. The minimum Gasteiger partial charge on any atom is -0.276 e. The van der Waals surface area contributed by atoms with Gasteiger partial charge >= 0.3 is 0 Å². The monoisotopic (exact) mass is 335 g/mol. The summed E-state index contributed by atoms with van der Waals surface area (Å²) >= 11 is 0. The summed E-state index contributed by atoms with van der Waals surface area (Å²) < 4.78 is 29.7. The zero-order chi connectivity index (χ0) is 17.4. The van der Waals surface area contributed by atoms with Gasteiger partial charge in [-0.25, -0.2) is 8.42 Å². The highest BCUT2D eigenvalue weighted by Gasteiger charge is 2.21. The fraction of sp³-hybridized carbons (Fsp3) is 0.471. The highest BCUT2D eigenvalue weighted by molar-refractivity contribution is 7.92. The Morgan fingerprint density at radius 2 is 1.70 bits per heavy atom. The van der Waals surface area contributed by atoms with Crippen LogP contribution in [0.2, 0.25) is 0 Å². The maximum absolute atomic E-state index is 12.6. The van der Waals surface area contributed by atoms with Crippen LogP contribution in [-0.2, 0) is 22.0 Å². The number of rotatable bonds is 4. The van der Waals surface area contributed by atoms with Gasteiger partial charge in [-0.1, -0.05) is 32.9 Å². The van der Waals surface area contributed by atoms with Crippen LogP contribution in [0.3, 0.4) is 0 Å². The van der Waals surface area contributed by atoms with Gasteiger partial charge in [0.05, 0.1) is 22.0 Å². The maximum Gasteiger partial charge on any atom is 0.262 e. The van der Waals surface area contributed by atoms with Crippen molar-refractivity contribution in [3.05, 3.63) is 41.2 Å². The predicted octanol–water partition coefficient (Wildman–Crippen LogP) is 3.62. The summed E-state index contributed by atoms with van der Waals surface area (Å²) in [6.07, 6.45) is 0. The molecule has 0 saturated carbocycles. The molecule has 1 heterocycles. The lowest BCUT2D eigenvalue weighted by Gasteiger charge is -2.19. The summed E-state index contributed by atoms with van der Waals surface area (Å²) in [4.78, 5) is 0.258. The second kappa shape index (κ2) is 6.00. The van der Waals surface area contributed by atoms with Gasteiger partial charge < -0.3 is 0 Å². The number of benzene rings is 1. The van der Waals surface area contributed by atoms with Gasteiger partial charge in [-0.05, 0) is 43.9 Å². The van der Waals surface area contributed by atoms with E-state index < -0.39 is 10.0 Å². The Labute approximate surface area is 138 Å². The molecule has 23 heavy (non-hydrogen) atoms. The number of sulfonamides is 1. The van der Waals surface area contributed by atoms with Crippen molar-refractivity contribution in [2.24, 2.45) is 0 Å². The molecule has 0 radical (unpaired) electrons. The standard InChI is InChI=1S/C17H25N3O2S/c1-7-20-13(3)16(12(2)18-20)19-23(21,22)15-10-8-14(9-11-15)17(4,5)6/h8-11,19H,7H2,1-6H3. The van der Waals surface area contributed by atoms with E-state index in [0.29, 0.717) is 17.9 Å². The first-order chi connectivity index (χ1) is 10.6. The maximum atomic E-state index is 12.6. The molecule has 1 aromatic carbocycles. The molecule has 0 unspecified atom stereocenters. The molecule has 0 aliphatic rings.